The van der Waals surface area contributed by atoms with Crippen LogP contribution in [0.15, 0.2) is 78.9 Å². The molecule has 4 nitrogen and oxygen atoms in total. The summed E-state index contributed by atoms with van der Waals surface area (Å²) in [5, 5.41) is 0. The molecule has 1 atom stereocenters. The highest BCUT2D eigenvalue weighted by Crippen LogP contribution is 2.30. The topological polar surface area (TPSA) is 27.3 Å². The van der Waals surface area contributed by atoms with Crippen LogP contribution in [0.1, 0.15) is 23.1 Å². The van der Waals surface area contributed by atoms with E-state index in [9.17, 15) is 0 Å². The fraction of sp³-hybridized carbons (Fsp3) is 0.208. The Morgan fingerprint density at radius 3 is 2.38 bits per heavy atom. The Bertz CT molecular complexity index is 1050. The first kappa shape index (κ1) is 21.3. The van der Waals surface area contributed by atoms with Crippen molar-refractivity contribution >= 4 is 11.0 Å². The highest BCUT2D eigenvalue weighted by atomic mass is 127. The van der Waals surface area contributed by atoms with Gasteiger partial charge in [0, 0.05) is 0 Å². The minimum Gasteiger partial charge on any atom is -1.00 e. The van der Waals surface area contributed by atoms with Gasteiger partial charge >= 0.3 is 0 Å². The van der Waals surface area contributed by atoms with Crippen LogP contribution in [0.25, 0.3) is 11.0 Å². The molecule has 3 aromatic carbocycles. The van der Waals surface area contributed by atoms with Crippen LogP contribution in [0.5, 0.6) is 5.75 Å². The lowest BCUT2D eigenvalue weighted by molar-refractivity contribution is -0.657. The number of aromatic nitrogens is 2. The molecule has 4 rings (SSSR count). The molecule has 0 amide bonds. The summed E-state index contributed by atoms with van der Waals surface area (Å²) in [5.74, 6) is 1.91. The number of para-hydroxylation sites is 2. The van der Waals surface area contributed by atoms with E-state index in [0.717, 1.165) is 22.7 Å². The molecule has 5 heteroatoms. The number of benzene rings is 3. The van der Waals surface area contributed by atoms with Crippen molar-refractivity contribution in [1.29, 1.82) is 0 Å². The largest absolute Gasteiger partial charge is 1.00 e. The molecule has 0 radical (unpaired) electrons. The maximum Gasteiger partial charge on any atom is 0.291 e. The minimum atomic E-state index is -0.224. The molecule has 0 saturated carbocycles. The zero-order valence-corrected chi connectivity index (χ0v) is 19.0. The Kier molecular flexibility index (Phi) is 6.92. The highest BCUT2D eigenvalue weighted by molar-refractivity contribution is 5.72. The summed E-state index contributed by atoms with van der Waals surface area (Å²) in [5.41, 5.74) is 4.57. The number of halogens is 1. The van der Waals surface area contributed by atoms with Crippen LogP contribution in [-0.4, -0.2) is 11.7 Å². The summed E-state index contributed by atoms with van der Waals surface area (Å²) in [6, 6.07) is 26.8. The van der Waals surface area contributed by atoms with E-state index in [0.29, 0.717) is 6.61 Å². The molecule has 0 aliphatic heterocycles. The SMILES string of the molecule is COc1cccc(C(OCc2ccccc2)c2n(C)c3ccccc3[n+]2C)c1.[I-]. The molecular weight excluding hydrogens is 475 g/mol. The van der Waals surface area contributed by atoms with Crippen LogP contribution in [0.4, 0.5) is 0 Å². The number of fused-ring (bicyclic) bond motifs is 1. The zero-order valence-electron chi connectivity index (χ0n) is 16.9. The van der Waals surface area contributed by atoms with Gasteiger partial charge in [-0.05, 0) is 35.4 Å². The zero-order chi connectivity index (χ0) is 19.5. The monoisotopic (exact) mass is 500 g/mol. The summed E-state index contributed by atoms with van der Waals surface area (Å²) in [7, 11) is 5.88. The standard InChI is InChI=1S/C24H25N2O2.HI/c1-25-21-14-7-8-15-22(21)26(2)24(25)23(19-12-9-13-20(16-19)27-3)28-17-18-10-5-4-6-11-18;/h4-16,23H,17H2,1-3H3;1H/q+1;/p-1. The summed E-state index contributed by atoms with van der Waals surface area (Å²) < 4.78 is 16.4. The van der Waals surface area contributed by atoms with Crippen LogP contribution in [0.3, 0.4) is 0 Å². The van der Waals surface area contributed by atoms with Crippen LogP contribution < -0.4 is 33.3 Å². The third-order valence-electron chi connectivity index (χ3n) is 5.18. The van der Waals surface area contributed by atoms with Crippen molar-refractivity contribution in [3.05, 3.63) is 95.8 Å². The Morgan fingerprint density at radius 1 is 0.931 bits per heavy atom. The van der Waals surface area contributed by atoms with Crippen molar-refractivity contribution in [3.63, 3.8) is 0 Å². The van der Waals surface area contributed by atoms with E-state index in [1.165, 1.54) is 11.0 Å². The van der Waals surface area contributed by atoms with Crippen LogP contribution in [-0.2, 0) is 25.4 Å². The van der Waals surface area contributed by atoms with Gasteiger partial charge in [0.15, 0.2) is 17.1 Å². The van der Waals surface area contributed by atoms with Gasteiger partial charge in [0.1, 0.15) is 5.75 Å². The molecule has 1 heterocycles. The van der Waals surface area contributed by atoms with Crippen LogP contribution >= 0.6 is 0 Å². The first-order valence-corrected chi connectivity index (χ1v) is 9.42. The number of nitrogens with zero attached hydrogens (tertiary/aromatic N) is 2. The predicted molar refractivity (Wildman–Crippen MR) is 110 cm³/mol. The average molecular weight is 500 g/mol. The van der Waals surface area contributed by atoms with Gasteiger partial charge in [0.2, 0.25) is 0 Å². The molecule has 0 aliphatic carbocycles. The van der Waals surface area contributed by atoms with Gasteiger partial charge in [-0.1, -0.05) is 54.6 Å². The lowest BCUT2D eigenvalue weighted by Crippen LogP contribution is -3.00. The van der Waals surface area contributed by atoms with Crippen molar-refractivity contribution in [2.24, 2.45) is 14.1 Å². The van der Waals surface area contributed by atoms with Crippen LogP contribution in [0, 0.1) is 0 Å². The maximum absolute atomic E-state index is 6.49. The number of rotatable bonds is 6. The van der Waals surface area contributed by atoms with Gasteiger partial charge in [-0.3, -0.25) is 0 Å². The van der Waals surface area contributed by atoms with Crippen molar-refractivity contribution in [2.45, 2.75) is 12.7 Å². The van der Waals surface area contributed by atoms with Gasteiger partial charge in [0.05, 0.1) is 27.8 Å². The van der Waals surface area contributed by atoms with Crippen molar-refractivity contribution in [1.82, 2.24) is 4.57 Å². The quantitative estimate of drug-likeness (QED) is 0.295. The van der Waals surface area contributed by atoms with E-state index in [4.69, 9.17) is 9.47 Å². The van der Waals surface area contributed by atoms with E-state index < -0.39 is 0 Å². The number of ether oxygens (including phenoxy) is 2. The second-order valence-corrected chi connectivity index (χ2v) is 6.92. The molecule has 0 spiro atoms. The Hall–Kier alpha value is -2.38. The summed E-state index contributed by atoms with van der Waals surface area (Å²) in [6.45, 7) is 0.532. The molecule has 4 aromatic rings. The lowest BCUT2D eigenvalue weighted by Gasteiger charge is -2.17. The summed E-state index contributed by atoms with van der Waals surface area (Å²) in [4.78, 5) is 0. The van der Waals surface area contributed by atoms with E-state index in [2.05, 4.69) is 65.7 Å². The first-order valence-electron chi connectivity index (χ1n) is 9.42. The molecule has 0 fully saturated rings. The minimum absolute atomic E-state index is 0. The Balaban J connectivity index is 0.00000240. The summed E-state index contributed by atoms with van der Waals surface area (Å²) in [6.07, 6.45) is -0.224. The van der Waals surface area contributed by atoms with E-state index in [1.54, 1.807) is 7.11 Å². The first-order chi connectivity index (χ1) is 13.7. The number of aryl methyl sites for hydroxylation is 2. The fourth-order valence-electron chi connectivity index (χ4n) is 3.73. The molecule has 0 aliphatic rings. The number of methoxy groups -OCH3 is 1. The smallest absolute Gasteiger partial charge is 0.291 e. The van der Waals surface area contributed by atoms with Gasteiger partial charge < -0.3 is 33.5 Å². The molecule has 1 aromatic heterocycles. The predicted octanol–water partition coefficient (Wildman–Crippen LogP) is 1.32. The normalized spacial score (nSPS) is 11.8. The fourth-order valence-corrected chi connectivity index (χ4v) is 3.73. The number of hydrogen-bond acceptors (Lipinski definition) is 2. The van der Waals surface area contributed by atoms with Crippen LogP contribution in [0.2, 0.25) is 0 Å². The van der Waals surface area contributed by atoms with Gasteiger partial charge in [-0.2, -0.15) is 0 Å². The number of imidazole rings is 1. The molecule has 0 saturated heterocycles. The van der Waals surface area contributed by atoms with E-state index in [1.807, 2.05) is 36.4 Å². The molecule has 29 heavy (non-hydrogen) atoms. The van der Waals surface area contributed by atoms with Crippen molar-refractivity contribution < 1.29 is 38.0 Å². The Morgan fingerprint density at radius 2 is 1.66 bits per heavy atom. The third kappa shape index (κ3) is 4.31. The van der Waals surface area contributed by atoms with Gasteiger partial charge in [-0.15, -0.1) is 0 Å². The van der Waals surface area contributed by atoms with Gasteiger partial charge in [0.25, 0.3) is 5.82 Å². The molecule has 150 valence electrons. The third-order valence-corrected chi connectivity index (χ3v) is 5.18. The van der Waals surface area contributed by atoms with Crippen molar-refractivity contribution in [2.75, 3.05) is 7.11 Å². The van der Waals surface area contributed by atoms with Gasteiger partial charge in [-0.25, -0.2) is 9.13 Å². The van der Waals surface area contributed by atoms with Crippen molar-refractivity contribution in [3.8, 4) is 5.75 Å². The second-order valence-electron chi connectivity index (χ2n) is 6.92. The molecule has 0 N–H and O–H groups in total. The highest BCUT2D eigenvalue weighted by Gasteiger charge is 2.30. The maximum atomic E-state index is 6.49. The molecular formula is C24H25IN2O2. The summed E-state index contributed by atoms with van der Waals surface area (Å²) >= 11 is 0. The second kappa shape index (κ2) is 9.41. The molecule has 0 bridgehead atoms. The molecule has 1 unspecified atom stereocenters. The lowest BCUT2D eigenvalue weighted by atomic mass is 10.1. The average Bonchev–Trinajstić information content (AvgIpc) is 3.00. The van der Waals surface area contributed by atoms with E-state index >= 15 is 0 Å². The number of hydrogen-bond donors (Lipinski definition) is 0. The Labute approximate surface area is 188 Å². The van der Waals surface area contributed by atoms with E-state index in [-0.39, 0.29) is 30.1 Å².